The van der Waals surface area contributed by atoms with Crippen molar-refractivity contribution in [3.8, 4) is 0 Å². The Balaban J connectivity index is 1.51. The van der Waals surface area contributed by atoms with Gasteiger partial charge in [-0.1, -0.05) is 0 Å². The zero-order valence-electron chi connectivity index (χ0n) is 23.5. The molecule has 0 radical (unpaired) electrons. The second-order valence-electron chi connectivity index (χ2n) is 11.2. The first kappa shape index (κ1) is 37.0. The number of rotatable bonds is 10. The van der Waals surface area contributed by atoms with Crippen molar-refractivity contribution >= 4 is 0 Å². The van der Waals surface area contributed by atoms with Gasteiger partial charge >= 0.3 is 0 Å². The van der Waals surface area contributed by atoms with Crippen LogP contribution in [0.2, 0.25) is 0 Å². The first-order valence-corrected chi connectivity index (χ1v) is 14.1. The Morgan fingerprint density at radius 2 is 0.778 bits per heavy atom. The highest BCUT2D eigenvalue weighted by Crippen LogP contribution is 2.31. The number of hydrogen-bond acceptors (Lipinski definition) is 21. The molecule has 0 saturated carbocycles. The summed E-state index contributed by atoms with van der Waals surface area (Å²) in [6.07, 6.45) is -35.0. The molecule has 0 aromatic carbocycles. The predicted octanol–water partition coefficient (Wildman–Crippen LogP) is -9.75. The lowest BCUT2D eigenvalue weighted by Gasteiger charge is -2.47. The van der Waals surface area contributed by atoms with Crippen LogP contribution in [0, 0.1) is 0 Å². The van der Waals surface area contributed by atoms with Crippen LogP contribution in [-0.4, -0.2) is 221 Å². The lowest BCUT2D eigenvalue weighted by Crippen LogP contribution is -2.65. The largest absolute Gasteiger partial charge is 0.394 e. The molecule has 0 amide bonds. The number of aliphatic hydroxyl groups excluding tert-OH is 14. The van der Waals surface area contributed by atoms with Crippen molar-refractivity contribution in [2.75, 3.05) is 26.4 Å². The summed E-state index contributed by atoms with van der Waals surface area (Å²) in [5.74, 6) is 0. The van der Waals surface area contributed by atoms with E-state index in [0.717, 1.165) is 0 Å². The van der Waals surface area contributed by atoms with E-state index in [1.165, 1.54) is 0 Å². The van der Waals surface area contributed by atoms with Gasteiger partial charge in [-0.15, -0.1) is 0 Å². The van der Waals surface area contributed by atoms with Gasteiger partial charge in [-0.25, -0.2) is 0 Å². The van der Waals surface area contributed by atoms with E-state index in [1.807, 2.05) is 0 Å². The molecular weight excluding hydrogens is 624 g/mol. The van der Waals surface area contributed by atoms with E-state index < -0.39 is 149 Å². The summed E-state index contributed by atoms with van der Waals surface area (Å²) in [4.78, 5) is 0. The van der Waals surface area contributed by atoms with Crippen molar-refractivity contribution < 1.29 is 105 Å². The van der Waals surface area contributed by atoms with Gasteiger partial charge in [0, 0.05) is 0 Å². The van der Waals surface area contributed by atoms with Gasteiger partial charge in [0.15, 0.2) is 25.2 Å². The maximum atomic E-state index is 11.0. The molecule has 0 aliphatic carbocycles. The molecular formula is C24H42O21. The molecule has 0 aromatic heterocycles. The van der Waals surface area contributed by atoms with Crippen LogP contribution in [0.1, 0.15) is 0 Å². The fourth-order valence-electron chi connectivity index (χ4n) is 5.33. The molecule has 4 saturated heterocycles. The SMILES string of the molecule is OC[C@H]1O[C@H](O[C@H]2[C@H](O)[C@H](O)[C@@H](OC[C@H]3O[C@H](O)[C@H](O)[C@@H](O)[C@@H]3O)O[C@@H]2CO[C@@H]2O[C@H](CO)[C@@H](O)[C@H](O)[C@H]2O)[C@H](O)[C@H](O)[C@H]1O. The standard InChI is InChI=1S/C24H42O21/c25-1-5-9(27)13(31)17(35)22(42-5)40-4-8-20(45-24-18(36)14(32)10(28)6(2-26)43-24)15(33)19(37)23(44-8)39-3-7-11(29)12(30)16(34)21(38)41-7/h5-38H,1-4H2/t5-,6-,7-,8-,9-,10+,11-,12+,13+,14-,15-,16-,17-,18-,19+,20-,21+,22-,23+,24-/m1/s1. The van der Waals surface area contributed by atoms with Gasteiger partial charge in [0.2, 0.25) is 0 Å². The van der Waals surface area contributed by atoms with E-state index in [1.54, 1.807) is 0 Å². The molecule has 0 bridgehead atoms. The molecule has 4 aliphatic heterocycles. The monoisotopic (exact) mass is 666 g/mol. The highest BCUT2D eigenvalue weighted by molar-refractivity contribution is 4.96. The van der Waals surface area contributed by atoms with Crippen molar-refractivity contribution in [3.05, 3.63) is 0 Å². The highest BCUT2D eigenvalue weighted by Gasteiger charge is 2.52. The normalized spacial score (nSPS) is 52.9. The van der Waals surface area contributed by atoms with Gasteiger partial charge in [0.05, 0.1) is 26.4 Å². The van der Waals surface area contributed by atoms with Crippen molar-refractivity contribution in [1.82, 2.24) is 0 Å². The summed E-state index contributed by atoms with van der Waals surface area (Å²) in [5, 5.41) is 141. The van der Waals surface area contributed by atoms with Crippen LogP contribution in [0.3, 0.4) is 0 Å². The quantitative estimate of drug-likeness (QED) is 0.103. The molecule has 21 heteroatoms. The summed E-state index contributed by atoms with van der Waals surface area (Å²) in [6.45, 7) is -2.99. The Kier molecular flexibility index (Phi) is 12.8. The van der Waals surface area contributed by atoms with Gasteiger partial charge in [-0.3, -0.25) is 0 Å². The van der Waals surface area contributed by atoms with Crippen LogP contribution in [0.4, 0.5) is 0 Å². The molecule has 4 aliphatic rings. The van der Waals surface area contributed by atoms with Crippen LogP contribution >= 0.6 is 0 Å². The third kappa shape index (κ3) is 7.75. The van der Waals surface area contributed by atoms with E-state index >= 15 is 0 Å². The first-order valence-electron chi connectivity index (χ1n) is 14.1. The number of aliphatic hydroxyl groups is 14. The first-order chi connectivity index (χ1) is 21.2. The summed E-state index contributed by atoms with van der Waals surface area (Å²) >= 11 is 0. The van der Waals surface area contributed by atoms with Gasteiger partial charge in [0.1, 0.15) is 97.7 Å². The molecule has 21 nitrogen and oxygen atoms in total. The van der Waals surface area contributed by atoms with E-state index in [4.69, 9.17) is 33.2 Å². The average molecular weight is 667 g/mol. The Labute approximate surface area is 254 Å². The number of ether oxygens (including phenoxy) is 7. The predicted molar refractivity (Wildman–Crippen MR) is 134 cm³/mol. The van der Waals surface area contributed by atoms with Crippen LogP contribution in [-0.2, 0) is 33.2 Å². The van der Waals surface area contributed by atoms with Crippen LogP contribution in [0.5, 0.6) is 0 Å². The van der Waals surface area contributed by atoms with Crippen molar-refractivity contribution in [1.29, 1.82) is 0 Å². The van der Waals surface area contributed by atoms with E-state index in [9.17, 15) is 71.5 Å². The zero-order valence-corrected chi connectivity index (χ0v) is 23.5. The van der Waals surface area contributed by atoms with E-state index in [0.29, 0.717) is 0 Å². The molecule has 20 atom stereocenters. The zero-order chi connectivity index (χ0) is 33.3. The summed E-state index contributed by atoms with van der Waals surface area (Å²) in [6, 6.07) is 0. The molecule has 0 aromatic rings. The van der Waals surface area contributed by atoms with E-state index in [-0.39, 0.29) is 0 Å². The third-order valence-electron chi connectivity index (χ3n) is 8.17. The average Bonchev–Trinajstić information content (AvgIpc) is 3.03. The lowest BCUT2D eigenvalue weighted by molar-refractivity contribution is -0.370. The van der Waals surface area contributed by atoms with Crippen molar-refractivity contribution in [3.63, 3.8) is 0 Å². The van der Waals surface area contributed by atoms with Gasteiger partial charge in [0.25, 0.3) is 0 Å². The fraction of sp³-hybridized carbons (Fsp3) is 1.00. The highest BCUT2D eigenvalue weighted by atomic mass is 16.8. The Morgan fingerprint density at radius 1 is 0.378 bits per heavy atom. The van der Waals surface area contributed by atoms with Crippen LogP contribution in [0.25, 0.3) is 0 Å². The van der Waals surface area contributed by atoms with Crippen LogP contribution < -0.4 is 0 Å². The fourth-order valence-corrected chi connectivity index (χ4v) is 5.33. The Hall–Kier alpha value is -0.840. The van der Waals surface area contributed by atoms with Gasteiger partial charge in [-0.05, 0) is 0 Å². The minimum absolute atomic E-state index is 0.686. The lowest BCUT2D eigenvalue weighted by atomic mass is 9.96. The molecule has 4 heterocycles. The molecule has 264 valence electrons. The molecule has 14 N–H and O–H groups in total. The second-order valence-corrected chi connectivity index (χ2v) is 11.2. The van der Waals surface area contributed by atoms with Crippen LogP contribution in [0.15, 0.2) is 0 Å². The summed E-state index contributed by atoms with van der Waals surface area (Å²) in [5.41, 5.74) is 0. The minimum Gasteiger partial charge on any atom is -0.394 e. The molecule has 0 spiro atoms. The summed E-state index contributed by atoms with van der Waals surface area (Å²) in [7, 11) is 0. The Morgan fingerprint density at radius 3 is 1.31 bits per heavy atom. The topological polar surface area (TPSA) is 348 Å². The van der Waals surface area contributed by atoms with E-state index in [2.05, 4.69) is 0 Å². The second kappa shape index (κ2) is 15.6. The minimum atomic E-state index is -1.98. The molecule has 0 unspecified atom stereocenters. The van der Waals surface area contributed by atoms with Crippen molar-refractivity contribution in [2.24, 2.45) is 0 Å². The molecule has 4 rings (SSSR count). The molecule has 4 fully saturated rings. The van der Waals surface area contributed by atoms with Crippen molar-refractivity contribution in [2.45, 2.75) is 123 Å². The summed E-state index contributed by atoms with van der Waals surface area (Å²) < 4.78 is 37.9. The maximum absolute atomic E-state index is 11.0. The smallest absolute Gasteiger partial charge is 0.187 e. The third-order valence-corrected chi connectivity index (χ3v) is 8.17. The number of hydrogen-bond donors (Lipinski definition) is 14. The Bertz CT molecular complexity index is 914. The molecule has 45 heavy (non-hydrogen) atoms. The maximum Gasteiger partial charge on any atom is 0.187 e. The van der Waals surface area contributed by atoms with Gasteiger partial charge in [-0.2, -0.15) is 0 Å². The van der Waals surface area contributed by atoms with Gasteiger partial charge < -0.3 is 105 Å².